The molecule has 2 N–H and O–H groups in total. The van der Waals surface area contributed by atoms with Crippen molar-refractivity contribution in [3.05, 3.63) is 71.6 Å². The molecule has 6 heteroatoms. The highest BCUT2D eigenvalue weighted by molar-refractivity contribution is 6.38. The Morgan fingerprint density at radius 1 is 1.03 bits per heavy atom. The molecule has 2 aliphatic rings. The molecule has 30 heavy (non-hydrogen) atoms. The van der Waals surface area contributed by atoms with Gasteiger partial charge in [0.15, 0.2) is 0 Å². The Balaban J connectivity index is 1.68. The molecule has 0 fully saturated rings. The molecule has 0 saturated carbocycles. The van der Waals surface area contributed by atoms with E-state index in [1.807, 2.05) is 48.5 Å². The van der Waals surface area contributed by atoms with E-state index >= 15 is 0 Å². The first-order valence-corrected chi connectivity index (χ1v) is 10.2. The van der Waals surface area contributed by atoms with Gasteiger partial charge in [0.25, 0.3) is 11.8 Å². The normalized spacial score (nSPS) is 18.4. The number of aromatic nitrogens is 1. The average Bonchev–Trinajstić information content (AvgIpc) is 3.33. The zero-order valence-electron chi connectivity index (χ0n) is 17.1. The van der Waals surface area contributed by atoms with E-state index in [-0.39, 0.29) is 11.8 Å². The van der Waals surface area contributed by atoms with Gasteiger partial charge in [-0.1, -0.05) is 36.4 Å². The summed E-state index contributed by atoms with van der Waals surface area (Å²) in [5.41, 5.74) is 4.67. The van der Waals surface area contributed by atoms with E-state index in [9.17, 15) is 9.59 Å². The minimum absolute atomic E-state index is 0.321. The topological polar surface area (TPSA) is 66.4 Å². The maximum atomic E-state index is 12.9. The number of para-hydroxylation sites is 2. The van der Waals surface area contributed by atoms with Crippen molar-refractivity contribution in [3.8, 4) is 0 Å². The van der Waals surface area contributed by atoms with Gasteiger partial charge >= 0.3 is 0 Å². The van der Waals surface area contributed by atoms with Crippen LogP contribution < -0.4 is 10.6 Å². The van der Waals surface area contributed by atoms with Gasteiger partial charge in [-0.2, -0.15) is 0 Å². The second-order valence-corrected chi connectivity index (χ2v) is 8.31. The Kier molecular flexibility index (Phi) is 4.44. The summed E-state index contributed by atoms with van der Waals surface area (Å²) in [5, 5.41) is 6.70. The lowest BCUT2D eigenvalue weighted by Gasteiger charge is -2.16. The molecule has 5 rings (SSSR count). The number of anilines is 1. The molecule has 1 atom stereocenters. The predicted octanol–water partition coefficient (Wildman–Crippen LogP) is 2.85. The molecule has 0 spiro atoms. The van der Waals surface area contributed by atoms with Gasteiger partial charge in [-0.3, -0.25) is 14.9 Å². The summed E-state index contributed by atoms with van der Waals surface area (Å²) >= 11 is 0. The van der Waals surface area contributed by atoms with E-state index in [4.69, 9.17) is 0 Å². The Morgan fingerprint density at radius 2 is 1.77 bits per heavy atom. The molecule has 0 radical (unpaired) electrons. The molecule has 3 heterocycles. The van der Waals surface area contributed by atoms with Crippen LogP contribution in [-0.2, 0) is 22.6 Å². The third-order valence-corrected chi connectivity index (χ3v) is 5.85. The smallest absolute Gasteiger partial charge is 0.275 e. The van der Waals surface area contributed by atoms with Crippen molar-refractivity contribution in [2.75, 3.05) is 26.0 Å². The lowest BCUT2D eigenvalue weighted by atomic mass is 9.96. The number of benzene rings is 2. The number of rotatable bonds is 5. The fraction of sp³-hybridized carbons (Fsp3) is 0.250. The molecule has 152 valence electrons. The molecule has 2 amide bonds. The average molecular weight is 400 g/mol. The van der Waals surface area contributed by atoms with Gasteiger partial charge in [0.05, 0.1) is 5.57 Å². The van der Waals surface area contributed by atoms with Crippen LogP contribution in [0, 0.1) is 5.92 Å². The molecule has 0 aliphatic carbocycles. The number of fused-ring (bicyclic) bond motifs is 3. The number of imide groups is 1. The Labute approximate surface area is 175 Å². The van der Waals surface area contributed by atoms with E-state index in [0.717, 1.165) is 47.4 Å². The third kappa shape index (κ3) is 3.00. The first kappa shape index (κ1) is 18.6. The van der Waals surface area contributed by atoms with Crippen LogP contribution in [0.1, 0.15) is 11.3 Å². The van der Waals surface area contributed by atoms with Crippen LogP contribution in [0.5, 0.6) is 0 Å². The van der Waals surface area contributed by atoms with E-state index < -0.39 is 0 Å². The van der Waals surface area contributed by atoms with Crippen molar-refractivity contribution in [3.63, 3.8) is 0 Å². The van der Waals surface area contributed by atoms with Gasteiger partial charge < -0.3 is 14.8 Å². The summed E-state index contributed by atoms with van der Waals surface area (Å²) in [6.45, 7) is 1.90. The molecular weight excluding hydrogens is 376 g/mol. The molecule has 2 aliphatic heterocycles. The van der Waals surface area contributed by atoms with E-state index in [1.54, 1.807) is 0 Å². The predicted molar refractivity (Wildman–Crippen MR) is 118 cm³/mol. The molecule has 3 aromatic rings. The maximum Gasteiger partial charge on any atom is 0.275 e. The molecule has 0 bridgehead atoms. The summed E-state index contributed by atoms with van der Waals surface area (Å²) in [6, 6.07) is 17.6. The van der Waals surface area contributed by atoms with Gasteiger partial charge in [0.2, 0.25) is 0 Å². The van der Waals surface area contributed by atoms with Crippen molar-refractivity contribution in [2.45, 2.75) is 13.0 Å². The highest BCUT2D eigenvalue weighted by Gasteiger charge is 2.37. The summed E-state index contributed by atoms with van der Waals surface area (Å²) in [4.78, 5) is 27.8. The van der Waals surface area contributed by atoms with Gasteiger partial charge in [-0.15, -0.1) is 0 Å². The van der Waals surface area contributed by atoms with Crippen molar-refractivity contribution < 1.29 is 9.59 Å². The molecular formula is C24H24N4O2. The van der Waals surface area contributed by atoms with E-state index in [0.29, 0.717) is 17.2 Å². The number of carbonyl (C=O) groups excluding carboxylic acids is 2. The minimum Gasteiger partial charge on any atom is -0.350 e. The first-order valence-electron chi connectivity index (χ1n) is 10.2. The minimum atomic E-state index is -0.384. The highest BCUT2D eigenvalue weighted by Crippen LogP contribution is 2.40. The lowest BCUT2D eigenvalue weighted by Crippen LogP contribution is -2.24. The van der Waals surface area contributed by atoms with Crippen LogP contribution in [0.15, 0.2) is 60.3 Å². The molecule has 6 nitrogen and oxygen atoms in total. The highest BCUT2D eigenvalue weighted by atomic mass is 16.2. The number of hydrogen-bond donors (Lipinski definition) is 2. The second kappa shape index (κ2) is 7.15. The third-order valence-electron chi connectivity index (χ3n) is 5.85. The Hall–Kier alpha value is -3.38. The summed E-state index contributed by atoms with van der Waals surface area (Å²) in [6.07, 6.45) is 0.881. The standard InChI is InChI=1S/C24H24N4O2/c1-27(2)13-15-12-19-20(17-10-6-7-11-18(17)28(19)14-15)21-22(24(30)26-23(21)29)25-16-8-4-3-5-9-16/h3-11,15H,12-14H2,1-2H3,(H2,25,26,29,30)/t15-/m1/s1. The number of amides is 2. The van der Waals surface area contributed by atoms with Crippen LogP contribution in [0.2, 0.25) is 0 Å². The zero-order valence-corrected chi connectivity index (χ0v) is 17.1. The fourth-order valence-electron chi connectivity index (χ4n) is 4.77. The number of carbonyl (C=O) groups is 2. The van der Waals surface area contributed by atoms with E-state index in [1.165, 1.54) is 0 Å². The SMILES string of the molecule is CN(C)C[C@H]1Cc2c(C3=C(Nc4ccccc4)C(=O)NC3=O)c3ccccc3n2C1. The number of nitrogens with one attached hydrogen (secondary N) is 2. The van der Waals surface area contributed by atoms with Gasteiger partial charge in [0, 0.05) is 40.9 Å². The number of nitrogens with zero attached hydrogens (tertiary/aromatic N) is 2. The van der Waals surface area contributed by atoms with Crippen molar-refractivity contribution in [2.24, 2.45) is 5.92 Å². The summed E-state index contributed by atoms with van der Waals surface area (Å²) < 4.78 is 2.32. The van der Waals surface area contributed by atoms with Gasteiger partial charge in [-0.05, 0) is 44.6 Å². The van der Waals surface area contributed by atoms with Gasteiger partial charge in [-0.25, -0.2) is 0 Å². The monoisotopic (exact) mass is 400 g/mol. The first-order chi connectivity index (χ1) is 14.5. The Bertz CT molecular complexity index is 1190. The lowest BCUT2D eigenvalue weighted by molar-refractivity contribution is -0.123. The van der Waals surface area contributed by atoms with Crippen LogP contribution in [0.3, 0.4) is 0 Å². The van der Waals surface area contributed by atoms with Crippen LogP contribution in [0.4, 0.5) is 5.69 Å². The zero-order chi connectivity index (χ0) is 20.8. The molecule has 0 saturated heterocycles. The van der Waals surface area contributed by atoms with Crippen LogP contribution >= 0.6 is 0 Å². The van der Waals surface area contributed by atoms with Crippen molar-refractivity contribution in [1.29, 1.82) is 0 Å². The second-order valence-electron chi connectivity index (χ2n) is 8.31. The quantitative estimate of drug-likeness (QED) is 0.647. The molecule has 2 aromatic carbocycles. The fourth-order valence-corrected chi connectivity index (χ4v) is 4.77. The molecule has 1 aromatic heterocycles. The molecule has 0 unspecified atom stereocenters. The maximum absolute atomic E-state index is 12.9. The number of hydrogen-bond acceptors (Lipinski definition) is 4. The summed E-state index contributed by atoms with van der Waals surface area (Å²) in [5.74, 6) is -0.246. The van der Waals surface area contributed by atoms with Crippen molar-refractivity contribution >= 4 is 34.0 Å². The Morgan fingerprint density at radius 3 is 2.53 bits per heavy atom. The van der Waals surface area contributed by atoms with Crippen molar-refractivity contribution in [1.82, 2.24) is 14.8 Å². The summed E-state index contributed by atoms with van der Waals surface area (Å²) in [7, 11) is 4.17. The van der Waals surface area contributed by atoms with E-state index in [2.05, 4.69) is 40.3 Å². The van der Waals surface area contributed by atoms with Gasteiger partial charge in [0.1, 0.15) is 5.70 Å². The largest absolute Gasteiger partial charge is 0.350 e. The van der Waals surface area contributed by atoms with Crippen LogP contribution in [0.25, 0.3) is 16.5 Å². The van der Waals surface area contributed by atoms with Crippen LogP contribution in [-0.4, -0.2) is 41.9 Å².